The molecule has 0 atom stereocenters. The zero-order valence-corrected chi connectivity index (χ0v) is 25.1. The van der Waals surface area contributed by atoms with Gasteiger partial charge in [-0.25, -0.2) is 4.98 Å². The molecule has 0 spiro atoms. The summed E-state index contributed by atoms with van der Waals surface area (Å²) in [5.74, 6) is 1.04. The number of carbonyl (C=O) groups excluding carboxylic acids is 1. The second-order valence-electron chi connectivity index (χ2n) is 10.6. The lowest BCUT2D eigenvalue weighted by atomic mass is 10.0. The molecule has 1 aliphatic heterocycles. The van der Waals surface area contributed by atoms with E-state index in [0.717, 1.165) is 52.5 Å². The highest BCUT2D eigenvalue weighted by Gasteiger charge is 2.24. The van der Waals surface area contributed by atoms with Gasteiger partial charge in [-0.05, 0) is 62.2 Å². The molecule has 42 heavy (non-hydrogen) atoms. The summed E-state index contributed by atoms with van der Waals surface area (Å²) in [4.78, 5) is 37.9. The quantitative estimate of drug-likeness (QED) is 0.330. The topological polar surface area (TPSA) is 104 Å². The number of amides is 1. The number of morpholine rings is 1. The first kappa shape index (κ1) is 28.9. The molecule has 0 unspecified atom stereocenters. The van der Waals surface area contributed by atoms with Gasteiger partial charge in [0.2, 0.25) is 0 Å². The predicted octanol–water partition coefficient (Wildman–Crippen LogP) is 4.00. The SMILES string of the molecule is CC=C(c1c(C)c(C(=O)NCc2c(OC)cc(C)[nH]c2=O)cc2cc(-c3ccnc(N(C)C)c3)cn12)N1CCOCC1. The Balaban J connectivity index is 1.61. The molecule has 0 aliphatic carbocycles. The maximum Gasteiger partial charge on any atom is 0.256 e. The number of aromatic amines is 1. The molecule has 1 saturated heterocycles. The van der Waals surface area contributed by atoms with Gasteiger partial charge in [-0.3, -0.25) is 9.59 Å². The van der Waals surface area contributed by atoms with Gasteiger partial charge in [-0.2, -0.15) is 0 Å². The Bertz CT molecular complexity index is 1710. The van der Waals surface area contributed by atoms with Crippen LogP contribution < -0.4 is 20.5 Å². The average Bonchev–Trinajstić information content (AvgIpc) is 3.42. The Morgan fingerprint density at radius 1 is 1.17 bits per heavy atom. The summed E-state index contributed by atoms with van der Waals surface area (Å²) < 4.78 is 13.2. The predicted molar refractivity (Wildman–Crippen MR) is 165 cm³/mol. The number of ether oxygens (including phenoxy) is 2. The molecule has 220 valence electrons. The molecule has 1 aliphatic rings. The van der Waals surface area contributed by atoms with Crippen LogP contribution in [0.2, 0.25) is 0 Å². The molecule has 10 heteroatoms. The summed E-state index contributed by atoms with van der Waals surface area (Å²) >= 11 is 0. The number of anilines is 1. The molecule has 5 rings (SSSR count). The molecule has 2 N–H and O–H groups in total. The Morgan fingerprint density at radius 3 is 2.62 bits per heavy atom. The zero-order valence-electron chi connectivity index (χ0n) is 25.1. The van der Waals surface area contributed by atoms with Crippen LogP contribution in [-0.2, 0) is 11.3 Å². The standard InChI is InChI=1S/C32H38N6O4/c1-7-27(37-10-12-42-13-11-37)30-21(3)25(31(39)34-18-26-28(41-6)14-20(2)35-32(26)40)17-24-15-23(19-38(24)30)22-8-9-33-29(16-22)36(4)5/h7-9,14-17,19H,10-13,18H2,1-6H3,(H,34,39)(H,35,40). The third-order valence-electron chi connectivity index (χ3n) is 7.67. The first-order chi connectivity index (χ1) is 20.2. The summed E-state index contributed by atoms with van der Waals surface area (Å²) in [5.41, 5.74) is 7.09. The van der Waals surface area contributed by atoms with Gasteiger partial charge < -0.3 is 34.0 Å². The van der Waals surface area contributed by atoms with E-state index in [1.165, 1.54) is 7.11 Å². The first-order valence-electron chi connectivity index (χ1n) is 14.1. The molecule has 0 bridgehead atoms. The van der Waals surface area contributed by atoms with E-state index in [1.807, 2.05) is 51.2 Å². The number of hydrogen-bond donors (Lipinski definition) is 2. The third-order valence-corrected chi connectivity index (χ3v) is 7.67. The second-order valence-corrected chi connectivity index (χ2v) is 10.6. The molecular formula is C32H38N6O4. The molecular weight excluding hydrogens is 532 g/mol. The largest absolute Gasteiger partial charge is 0.496 e. The van der Waals surface area contributed by atoms with Crippen molar-refractivity contribution in [3.05, 3.63) is 87.2 Å². The average molecular weight is 571 g/mol. The van der Waals surface area contributed by atoms with Gasteiger partial charge in [0, 0.05) is 61.9 Å². The van der Waals surface area contributed by atoms with Crippen LogP contribution in [0.3, 0.4) is 0 Å². The normalized spacial score (nSPS) is 13.9. The minimum Gasteiger partial charge on any atom is -0.496 e. The van der Waals surface area contributed by atoms with Crippen LogP contribution in [0.15, 0.2) is 53.6 Å². The lowest BCUT2D eigenvalue weighted by molar-refractivity contribution is 0.0637. The van der Waals surface area contributed by atoms with Crippen LogP contribution in [0.1, 0.15) is 39.8 Å². The molecule has 0 aromatic carbocycles. The van der Waals surface area contributed by atoms with Crippen molar-refractivity contribution in [2.75, 3.05) is 52.4 Å². The number of H-pyrrole nitrogens is 1. The molecule has 0 saturated carbocycles. The summed E-state index contributed by atoms with van der Waals surface area (Å²) in [6.45, 7) is 8.64. The van der Waals surface area contributed by atoms with E-state index < -0.39 is 0 Å². The molecule has 5 heterocycles. The number of fused-ring (bicyclic) bond motifs is 1. The van der Waals surface area contributed by atoms with Crippen LogP contribution in [0.25, 0.3) is 22.3 Å². The van der Waals surface area contributed by atoms with Gasteiger partial charge in [0.15, 0.2) is 0 Å². The van der Waals surface area contributed by atoms with E-state index >= 15 is 0 Å². The number of allylic oxidation sites excluding steroid dienone is 1. The fourth-order valence-corrected chi connectivity index (χ4v) is 5.47. The van der Waals surface area contributed by atoms with E-state index in [0.29, 0.717) is 35.8 Å². The maximum atomic E-state index is 13.8. The van der Waals surface area contributed by atoms with Crippen molar-refractivity contribution in [3.63, 3.8) is 0 Å². The van der Waals surface area contributed by atoms with Crippen LogP contribution in [0, 0.1) is 13.8 Å². The highest BCUT2D eigenvalue weighted by atomic mass is 16.5. The molecule has 4 aromatic rings. The monoisotopic (exact) mass is 570 g/mol. The fraction of sp³-hybridized carbons (Fsp3) is 0.344. The van der Waals surface area contributed by atoms with Crippen molar-refractivity contribution in [2.24, 2.45) is 0 Å². The van der Waals surface area contributed by atoms with Crippen molar-refractivity contribution in [3.8, 4) is 16.9 Å². The number of pyridine rings is 3. The van der Waals surface area contributed by atoms with Crippen LogP contribution >= 0.6 is 0 Å². The minimum absolute atomic E-state index is 0.0358. The van der Waals surface area contributed by atoms with Gasteiger partial charge in [0.05, 0.1) is 43.8 Å². The van der Waals surface area contributed by atoms with Crippen molar-refractivity contribution < 1.29 is 14.3 Å². The van der Waals surface area contributed by atoms with Crippen molar-refractivity contribution in [1.82, 2.24) is 24.6 Å². The molecule has 0 radical (unpaired) electrons. The Morgan fingerprint density at radius 2 is 1.93 bits per heavy atom. The molecule has 4 aromatic heterocycles. The zero-order chi connectivity index (χ0) is 30.0. The van der Waals surface area contributed by atoms with Gasteiger partial charge in [-0.15, -0.1) is 0 Å². The van der Waals surface area contributed by atoms with Crippen molar-refractivity contribution in [1.29, 1.82) is 0 Å². The van der Waals surface area contributed by atoms with Gasteiger partial charge in [-0.1, -0.05) is 6.08 Å². The number of methoxy groups -OCH3 is 1. The number of carbonyl (C=O) groups is 1. The van der Waals surface area contributed by atoms with Crippen LogP contribution in [0.4, 0.5) is 5.82 Å². The number of hydrogen-bond acceptors (Lipinski definition) is 7. The highest BCUT2D eigenvalue weighted by molar-refractivity contribution is 5.98. The van der Waals surface area contributed by atoms with Crippen LogP contribution in [0.5, 0.6) is 5.75 Å². The summed E-state index contributed by atoms with van der Waals surface area (Å²) in [6.07, 6.45) is 6.03. The maximum absolute atomic E-state index is 13.8. The van der Waals surface area contributed by atoms with E-state index in [4.69, 9.17) is 9.47 Å². The smallest absolute Gasteiger partial charge is 0.256 e. The lowest BCUT2D eigenvalue weighted by Crippen LogP contribution is -2.36. The molecule has 1 fully saturated rings. The lowest BCUT2D eigenvalue weighted by Gasteiger charge is -2.32. The van der Waals surface area contributed by atoms with Gasteiger partial charge >= 0.3 is 0 Å². The van der Waals surface area contributed by atoms with Gasteiger partial charge in [0.25, 0.3) is 11.5 Å². The fourth-order valence-electron chi connectivity index (χ4n) is 5.47. The number of nitrogens with zero attached hydrogens (tertiary/aromatic N) is 4. The number of aryl methyl sites for hydroxylation is 1. The van der Waals surface area contributed by atoms with Crippen LogP contribution in [-0.4, -0.2) is 72.7 Å². The summed E-state index contributed by atoms with van der Waals surface area (Å²) in [5, 5.41) is 2.96. The Hall–Kier alpha value is -4.57. The number of nitrogens with one attached hydrogen (secondary N) is 2. The number of aromatic nitrogens is 3. The third kappa shape index (κ3) is 5.62. The van der Waals surface area contributed by atoms with E-state index in [-0.39, 0.29) is 18.0 Å². The first-order valence-corrected chi connectivity index (χ1v) is 14.1. The van der Waals surface area contributed by atoms with Crippen molar-refractivity contribution >= 4 is 22.9 Å². The second kappa shape index (κ2) is 12.1. The molecule has 1 amide bonds. The van der Waals surface area contributed by atoms with Gasteiger partial charge in [0.1, 0.15) is 11.6 Å². The Kier molecular flexibility index (Phi) is 8.35. The highest BCUT2D eigenvalue weighted by Crippen LogP contribution is 2.32. The number of rotatable bonds is 8. The van der Waals surface area contributed by atoms with E-state index in [2.05, 4.69) is 49.0 Å². The van der Waals surface area contributed by atoms with E-state index in [9.17, 15) is 9.59 Å². The van der Waals surface area contributed by atoms with E-state index in [1.54, 1.807) is 13.0 Å². The van der Waals surface area contributed by atoms with Crippen molar-refractivity contribution in [2.45, 2.75) is 27.3 Å². The summed E-state index contributed by atoms with van der Waals surface area (Å²) in [7, 11) is 5.45. The molecule has 10 nitrogen and oxygen atoms in total. The Labute approximate surface area is 245 Å². The minimum atomic E-state index is -0.283. The summed E-state index contributed by atoms with van der Waals surface area (Å²) in [6, 6.07) is 9.80.